The number of benzene rings is 2. The number of aliphatic hydroxyl groups is 1. The molecule has 44 heavy (non-hydrogen) atoms. The van der Waals surface area contributed by atoms with Crippen molar-refractivity contribution in [1.82, 2.24) is 5.32 Å². The Morgan fingerprint density at radius 2 is 1.57 bits per heavy atom. The number of aliphatic hydroxyl groups excluding tert-OH is 1. The zero-order chi connectivity index (χ0) is 30.9. The summed E-state index contributed by atoms with van der Waals surface area (Å²) < 4.78 is 0. The lowest BCUT2D eigenvalue weighted by Crippen LogP contribution is -2.63. The Kier molecular flexibility index (Phi) is 7.63. The number of fused-ring (bicyclic) bond motifs is 7. The summed E-state index contributed by atoms with van der Waals surface area (Å²) in [5, 5.41) is 14.5. The Hall–Kier alpha value is -2.13. The highest BCUT2D eigenvalue weighted by molar-refractivity contribution is 5.83. The van der Waals surface area contributed by atoms with Gasteiger partial charge in [0.05, 0.1) is 11.5 Å². The molecule has 0 spiro atoms. The van der Waals surface area contributed by atoms with Gasteiger partial charge in [-0.3, -0.25) is 4.79 Å². The van der Waals surface area contributed by atoms with E-state index in [1.54, 1.807) is 0 Å². The number of rotatable bonds is 5. The molecular weight excluding hydrogens is 538 g/mol. The summed E-state index contributed by atoms with van der Waals surface area (Å²) in [6.07, 6.45) is 13.9. The summed E-state index contributed by atoms with van der Waals surface area (Å²) in [5.41, 5.74) is 5.77. The number of hydrogen-bond acceptors (Lipinski definition) is 2. The molecule has 5 aliphatic rings. The van der Waals surface area contributed by atoms with Crippen molar-refractivity contribution >= 4 is 5.91 Å². The van der Waals surface area contributed by atoms with Crippen molar-refractivity contribution < 1.29 is 9.90 Å². The third-order valence-corrected chi connectivity index (χ3v) is 15.0. The second-order valence-electron chi connectivity index (χ2n) is 17.2. The minimum Gasteiger partial charge on any atom is -0.393 e. The van der Waals surface area contributed by atoms with Crippen molar-refractivity contribution in [2.45, 2.75) is 124 Å². The molecule has 3 heteroatoms. The van der Waals surface area contributed by atoms with Crippen LogP contribution >= 0.6 is 0 Å². The van der Waals surface area contributed by atoms with Gasteiger partial charge in [0.2, 0.25) is 5.91 Å². The Morgan fingerprint density at radius 1 is 0.795 bits per heavy atom. The Bertz CT molecular complexity index is 1400. The van der Waals surface area contributed by atoms with E-state index >= 15 is 0 Å². The number of hydrogen-bond donors (Lipinski definition) is 2. The summed E-state index contributed by atoms with van der Waals surface area (Å²) in [6.45, 7) is 12.8. The minimum absolute atomic E-state index is 0.0104. The molecule has 1 amide bonds. The number of nitrogens with one attached hydrogen (secondary N) is 1. The van der Waals surface area contributed by atoms with Gasteiger partial charge in [-0.15, -0.1) is 0 Å². The van der Waals surface area contributed by atoms with Gasteiger partial charge < -0.3 is 10.4 Å². The lowest BCUT2D eigenvalue weighted by Gasteiger charge is -2.69. The molecule has 0 aromatic heterocycles. The minimum atomic E-state index is -0.166. The van der Waals surface area contributed by atoms with Gasteiger partial charge in [0.25, 0.3) is 0 Å². The Morgan fingerprint density at radius 3 is 2.39 bits per heavy atom. The molecule has 2 aromatic rings. The van der Waals surface area contributed by atoms with E-state index in [1.165, 1.54) is 73.6 Å². The molecule has 238 valence electrons. The van der Waals surface area contributed by atoms with E-state index in [2.05, 4.69) is 88.5 Å². The topological polar surface area (TPSA) is 49.3 Å². The van der Waals surface area contributed by atoms with E-state index in [9.17, 15) is 9.90 Å². The highest BCUT2D eigenvalue weighted by Crippen LogP contribution is 2.73. The van der Waals surface area contributed by atoms with Gasteiger partial charge in [0.15, 0.2) is 0 Å². The largest absolute Gasteiger partial charge is 0.393 e. The average molecular weight is 596 g/mol. The molecule has 0 bridgehead atoms. The van der Waals surface area contributed by atoms with Gasteiger partial charge in [-0.1, -0.05) is 82.6 Å². The van der Waals surface area contributed by atoms with Crippen LogP contribution in [0.2, 0.25) is 0 Å². The van der Waals surface area contributed by atoms with Crippen molar-refractivity contribution in [3.8, 4) is 0 Å². The predicted molar refractivity (Wildman–Crippen MR) is 179 cm³/mol. The van der Waals surface area contributed by atoms with Crippen LogP contribution in [-0.2, 0) is 17.8 Å². The van der Waals surface area contributed by atoms with Crippen molar-refractivity contribution in [3.63, 3.8) is 0 Å². The molecule has 2 N–H and O–H groups in total. The van der Waals surface area contributed by atoms with Crippen LogP contribution in [0.4, 0.5) is 0 Å². The summed E-state index contributed by atoms with van der Waals surface area (Å²) in [6, 6.07) is 17.5. The molecule has 5 saturated carbocycles. The maximum absolute atomic E-state index is 14.2. The monoisotopic (exact) mass is 595 g/mol. The lowest BCUT2D eigenvalue weighted by atomic mass is 9.36. The lowest BCUT2D eigenvalue weighted by molar-refractivity contribution is -0.214. The molecule has 9 unspecified atom stereocenters. The third kappa shape index (κ3) is 4.65. The second-order valence-corrected chi connectivity index (χ2v) is 17.2. The summed E-state index contributed by atoms with van der Waals surface area (Å²) in [5.74, 6) is 3.68. The fourth-order valence-electron chi connectivity index (χ4n) is 12.8. The molecule has 3 nitrogen and oxygen atoms in total. The maximum atomic E-state index is 14.2. The van der Waals surface area contributed by atoms with E-state index in [1.807, 2.05) is 0 Å². The number of carbonyl (C=O) groups is 1. The Balaban J connectivity index is 1.06. The molecule has 5 aliphatic carbocycles. The zero-order valence-corrected chi connectivity index (χ0v) is 28.1. The molecule has 0 saturated heterocycles. The first-order valence-corrected chi connectivity index (χ1v) is 18.1. The molecule has 2 aromatic carbocycles. The average Bonchev–Trinajstić information content (AvgIpc) is 3.45. The van der Waals surface area contributed by atoms with Crippen molar-refractivity contribution in [1.29, 1.82) is 0 Å². The van der Waals surface area contributed by atoms with Crippen LogP contribution in [0.25, 0.3) is 0 Å². The summed E-state index contributed by atoms with van der Waals surface area (Å²) in [4.78, 5) is 14.2. The van der Waals surface area contributed by atoms with Crippen LogP contribution < -0.4 is 5.32 Å². The first-order chi connectivity index (χ1) is 21.0. The van der Waals surface area contributed by atoms with Gasteiger partial charge in [-0.25, -0.2) is 0 Å². The van der Waals surface area contributed by atoms with Crippen LogP contribution in [-0.4, -0.2) is 17.1 Å². The normalized spacial score (nSPS) is 40.7. The number of aryl methyl sites for hydroxylation is 1. The predicted octanol–water partition coefficient (Wildman–Crippen LogP) is 9.03. The van der Waals surface area contributed by atoms with E-state index in [-0.39, 0.29) is 16.9 Å². The molecular formula is C41H57NO2. The maximum Gasteiger partial charge on any atom is 0.226 e. The fourth-order valence-corrected chi connectivity index (χ4v) is 12.8. The van der Waals surface area contributed by atoms with Crippen LogP contribution in [0.15, 0.2) is 48.5 Å². The van der Waals surface area contributed by atoms with Gasteiger partial charge in [0.1, 0.15) is 0 Å². The summed E-state index contributed by atoms with van der Waals surface area (Å²) >= 11 is 0. The van der Waals surface area contributed by atoms with Crippen LogP contribution in [0.3, 0.4) is 0 Å². The highest BCUT2D eigenvalue weighted by atomic mass is 16.3. The number of carbonyl (C=O) groups excluding carboxylic acids is 1. The molecule has 5 fully saturated rings. The number of amides is 1. The van der Waals surface area contributed by atoms with Crippen molar-refractivity contribution in [2.24, 2.45) is 51.2 Å². The smallest absolute Gasteiger partial charge is 0.226 e. The van der Waals surface area contributed by atoms with Gasteiger partial charge in [-0.05, 0) is 146 Å². The quantitative estimate of drug-likeness (QED) is 0.362. The van der Waals surface area contributed by atoms with Gasteiger partial charge >= 0.3 is 0 Å². The van der Waals surface area contributed by atoms with Crippen LogP contribution in [0.1, 0.15) is 121 Å². The van der Waals surface area contributed by atoms with Gasteiger partial charge in [0, 0.05) is 6.54 Å². The van der Waals surface area contributed by atoms with E-state index in [0.717, 1.165) is 37.5 Å². The van der Waals surface area contributed by atoms with Gasteiger partial charge in [-0.2, -0.15) is 0 Å². The van der Waals surface area contributed by atoms with E-state index in [0.29, 0.717) is 41.0 Å². The van der Waals surface area contributed by atoms with E-state index in [4.69, 9.17) is 0 Å². The second kappa shape index (κ2) is 11.0. The zero-order valence-electron chi connectivity index (χ0n) is 28.1. The molecule has 0 radical (unpaired) electrons. The molecule has 0 heterocycles. The SMILES string of the molecule is Cc1ccccc1Cc1cccc(CNC(=O)C23CCCC2C2CCC4C(C)(CCC5C(C)(C)C(O)CCC54C)C2CC3)c1. The van der Waals surface area contributed by atoms with Crippen molar-refractivity contribution in [3.05, 3.63) is 70.8 Å². The summed E-state index contributed by atoms with van der Waals surface area (Å²) in [7, 11) is 0. The van der Waals surface area contributed by atoms with E-state index < -0.39 is 0 Å². The van der Waals surface area contributed by atoms with Crippen molar-refractivity contribution in [2.75, 3.05) is 0 Å². The molecule has 7 rings (SSSR count). The standard InChI is InChI=1S/C41H57NO2/c1-27-10-6-7-13-30(27)25-28-11-8-12-29(24-28)26-42-37(44)41-20-9-14-33(41)31-15-16-35-39(4,32(31)17-23-41)21-18-34-38(2,3)36(43)19-22-40(34,35)5/h6-8,10-13,24,31-36,43H,9,14-23,25-26H2,1-5H3,(H,42,44). The molecule has 0 aliphatic heterocycles. The van der Waals surface area contributed by atoms with Crippen LogP contribution in [0.5, 0.6) is 0 Å². The molecule has 9 atom stereocenters. The first kappa shape index (κ1) is 30.5. The Labute approximate surface area is 267 Å². The highest BCUT2D eigenvalue weighted by Gasteiger charge is 2.67. The third-order valence-electron chi connectivity index (χ3n) is 15.0. The first-order valence-electron chi connectivity index (χ1n) is 18.1. The fraction of sp³-hybridized carbons (Fsp3) is 0.683. The van der Waals surface area contributed by atoms with Crippen LogP contribution in [0, 0.1) is 58.2 Å².